The van der Waals surface area contributed by atoms with Crippen LogP contribution >= 0.6 is 0 Å². The molecule has 0 radical (unpaired) electrons. The number of carbonyl (C=O) groups excluding carboxylic acids is 1. The molecular weight excluding hydrogens is 394 g/mol. The van der Waals surface area contributed by atoms with E-state index >= 15 is 0 Å². The number of rotatable bonds is 8. The summed E-state index contributed by atoms with van der Waals surface area (Å²) in [6.07, 6.45) is 1.61. The van der Waals surface area contributed by atoms with Crippen LogP contribution in [-0.2, 0) is 4.74 Å². The maximum atomic E-state index is 13.3. The van der Waals surface area contributed by atoms with Crippen molar-refractivity contribution in [1.82, 2.24) is 9.97 Å². The molecule has 0 aliphatic rings. The molecule has 3 rings (SSSR count). The van der Waals surface area contributed by atoms with Gasteiger partial charge in [-0.05, 0) is 50.2 Å². The summed E-state index contributed by atoms with van der Waals surface area (Å²) < 4.78 is 10.4. The molecule has 1 heterocycles. The average molecular weight is 422 g/mol. The molecule has 31 heavy (non-hydrogen) atoms. The molecule has 8 heteroatoms. The molecule has 162 valence electrons. The van der Waals surface area contributed by atoms with Crippen LogP contribution in [0.4, 0.5) is 27.9 Å². The first kappa shape index (κ1) is 22.0. The molecule has 0 aliphatic heterocycles. The normalized spacial score (nSPS) is 11.5. The first-order valence-electron chi connectivity index (χ1n) is 9.90. The van der Waals surface area contributed by atoms with Gasteiger partial charge in [0.2, 0.25) is 5.95 Å². The summed E-state index contributed by atoms with van der Waals surface area (Å²) >= 11 is 0. The molecule has 3 aromatic rings. The molecular formula is C23H27N5O3. The second kappa shape index (κ2) is 10.4. The van der Waals surface area contributed by atoms with Crippen molar-refractivity contribution >= 4 is 29.2 Å². The van der Waals surface area contributed by atoms with Gasteiger partial charge in [0.25, 0.3) is 0 Å². The summed E-state index contributed by atoms with van der Waals surface area (Å²) in [6.45, 7) is 4.46. The predicted molar refractivity (Wildman–Crippen MR) is 122 cm³/mol. The Bertz CT molecular complexity index is 993. The van der Waals surface area contributed by atoms with Crippen molar-refractivity contribution in [2.75, 3.05) is 36.4 Å². The van der Waals surface area contributed by atoms with Gasteiger partial charge in [0.1, 0.15) is 11.6 Å². The van der Waals surface area contributed by atoms with Crippen LogP contribution in [0.5, 0.6) is 5.75 Å². The largest absolute Gasteiger partial charge is 0.497 e. The van der Waals surface area contributed by atoms with Crippen molar-refractivity contribution < 1.29 is 14.3 Å². The van der Waals surface area contributed by atoms with Crippen LogP contribution in [0.3, 0.4) is 0 Å². The lowest BCUT2D eigenvalue weighted by Crippen LogP contribution is -2.32. The number of nitrogens with zero attached hydrogens (tertiary/aromatic N) is 3. The van der Waals surface area contributed by atoms with Crippen LogP contribution in [0.1, 0.15) is 12.5 Å². The highest BCUT2D eigenvalue weighted by Gasteiger charge is 2.21. The van der Waals surface area contributed by atoms with Crippen LogP contribution < -0.4 is 20.3 Å². The third kappa shape index (κ3) is 5.93. The van der Waals surface area contributed by atoms with E-state index in [0.717, 1.165) is 5.56 Å². The molecule has 0 saturated heterocycles. The zero-order valence-corrected chi connectivity index (χ0v) is 18.1. The van der Waals surface area contributed by atoms with E-state index in [9.17, 15) is 4.79 Å². The maximum Gasteiger partial charge on any atom is 0.332 e. The standard InChI is InChI=1S/C23H27N5O3/c1-16-5-7-18(8-6-16)26-23(29)28(19-9-11-20(31-4)12-10-19)21-13-14-24-22(27-21)25-17(2)15-30-3/h5-14,17H,15H2,1-4H3,(H,26,29)(H,24,25,27). The minimum absolute atomic E-state index is 0.0103. The fraction of sp³-hybridized carbons (Fsp3) is 0.261. The Morgan fingerprint density at radius 1 is 1.06 bits per heavy atom. The molecule has 0 saturated carbocycles. The van der Waals surface area contributed by atoms with Gasteiger partial charge in [-0.1, -0.05) is 17.7 Å². The minimum atomic E-state index is -0.344. The maximum absolute atomic E-state index is 13.3. The highest BCUT2D eigenvalue weighted by atomic mass is 16.5. The summed E-state index contributed by atoms with van der Waals surface area (Å²) in [7, 11) is 3.23. The van der Waals surface area contributed by atoms with Gasteiger partial charge < -0.3 is 20.1 Å². The lowest BCUT2D eigenvalue weighted by molar-refractivity contribution is 0.190. The number of methoxy groups -OCH3 is 2. The summed E-state index contributed by atoms with van der Waals surface area (Å²) in [5.74, 6) is 1.53. The van der Waals surface area contributed by atoms with Crippen molar-refractivity contribution in [3.05, 3.63) is 66.4 Å². The summed E-state index contributed by atoms with van der Waals surface area (Å²) in [6, 6.07) is 16.1. The molecule has 2 N–H and O–H groups in total. The van der Waals surface area contributed by atoms with Gasteiger partial charge in [-0.15, -0.1) is 0 Å². The molecule has 2 aromatic carbocycles. The second-order valence-electron chi connectivity index (χ2n) is 7.07. The van der Waals surface area contributed by atoms with Crippen molar-refractivity contribution in [2.45, 2.75) is 19.9 Å². The second-order valence-corrected chi connectivity index (χ2v) is 7.07. The van der Waals surface area contributed by atoms with Gasteiger partial charge in [0.15, 0.2) is 0 Å². The van der Waals surface area contributed by atoms with Crippen LogP contribution in [0.25, 0.3) is 0 Å². The molecule has 1 atom stereocenters. The third-order valence-electron chi connectivity index (χ3n) is 4.50. The molecule has 1 aromatic heterocycles. The molecule has 0 spiro atoms. The number of urea groups is 1. The van der Waals surface area contributed by atoms with E-state index in [0.29, 0.717) is 35.5 Å². The Kier molecular flexibility index (Phi) is 7.40. The molecule has 0 aliphatic carbocycles. The Labute approximate surface area is 182 Å². The monoisotopic (exact) mass is 421 g/mol. The van der Waals surface area contributed by atoms with E-state index in [1.54, 1.807) is 50.7 Å². The lowest BCUT2D eigenvalue weighted by Gasteiger charge is -2.23. The number of amides is 2. The summed E-state index contributed by atoms with van der Waals surface area (Å²) in [5, 5.41) is 6.11. The van der Waals surface area contributed by atoms with E-state index in [4.69, 9.17) is 9.47 Å². The number of aromatic nitrogens is 2. The van der Waals surface area contributed by atoms with Crippen molar-refractivity contribution in [1.29, 1.82) is 0 Å². The summed E-state index contributed by atoms with van der Waals surface area (Å²) in [5.41, 5.74) is 2.44. The fourth-order valence-corrected chi connectivity index (χ4v) is 2.96. The smallest absolute Gasteiger partial charge is 0.332 e. The predicted octanol–water partition coefficient (Wildman–Crippen LogP) is 4.61. The van der Waals surface area contributed by atoms with Crippen molar-refractivity contribution in [2.24, 2.45) is 0 Å². The number of hydrogen-bond donors (Lipinski definition) is 2. The number of aryl methyl sites for hydroxylation is 1. The van der Waals surface area contributed by atoms with Gasteiger partial charge in [-0.25, -0.2) is 14.7 Å². The number of carbonyl (C=O) groups is 1. The quantitative estimate of drug-likeness (QED) is 0.552. The van der Waals surface area contributed by atoms with Gasteiger partial charge in [0, 0.05) is 31.1 Å². The number of benzene rings is 2. The molecule has 8 nitrogen and oxygen atoms in total. The van der Waals surface area contributed by atoms with Crippen molar-refractivity contribution in [3.63, 3.8) is 0 Å². The van der Waals surface area contributed by atoms with E-state index in [1.807, 2.05) is 38.1 Å². The Balaban J connectivity index is 1.93. The number of ether oxygens (including phenoxy) is 2. The highest BCUT2D eigenvalue weighted by Crippen LogP contribution is 2.27. The van der Waals surface area contributed by atoms with E-state index in [2.05, 4.69) is 20.6 Å². The van der Waals surface area contributed by atoms with Crippen LogP contribution in [0.15, 0.2) is 60.8 Å². The SMILES string of the molecule is COCC(C)Nc1nccc(N(C(=O)Nc2ccc(C)cc2)c2ccc(OC)cc2)n1. The zero-order valence-electron chi connectivity index (χ0n) is 18.1. The molecule has 1 unspecified atom stereocenters. The molecule has 0 fully saturated rings. The van der Waals surface area contributed by atoms with Gasteiger partial charge in [0.05, 0.1) is 19.4 Å². The summed E-state index contributed by atoms with van der Waals surface area (Å²) in [4.78, 5) is 23.6. The first-order chi connectivity index (χ1) is 15.0. The Morgan fingerprint density at radius 2 is 1.77 bits per heavy atom. The van der Waals surface area contributed by atoms with Gasteiger partial charge in [-0.2, -0.15) is 4.98 Å². The van der Waals surface area contributed by atoms with E-state index < -0.39 is 0 Å². The molecule has 0 bridgehead atoms. The average Bonchev–Trinajstić information content (AvgIpc) is 2.76. The number of hydrogen-bond acceptors (Lipinski definition) is 6. The van der Waals surface area contributed by atoms with Crippen molar-refractivity contribution in [3.8, 4) is 5.75 Å². The fourth-order valence-electron chi connectivity index (χ4n) is 2.96. The van der Waals surface area contributed by atoms with Gasteiger partial charge in [-0.3, -0.25) is 0 Å². The third-order valence-corrected chi connectivity index (χ3v) is 4.50. The Hall–Kier alpha value is -3.65. The lowest BCUT2D eigenvalue weighted by atomic mass is 10.2. The van der Waals surface area contributed by atoms with Crippen LogP contribution in [0.2, 0.25) is 0 Å². The van der Waals surface area contributed by atoms with Crippen LogP contribution in [0, 0.1) is 6.92 Å². The van der Waals surface area contributed by atoms with Gasteiger partial charge >= 0.3 is 6.03 Å². The number of nitrogens with one attached hydrogen (secondary N) is 2. The topological polar surface area (TPSA) is 88.6 Å². The number of anilines is 4. The first-order valence-corrected chi connectivity index (χ1v) is 9.90. The Morgan fingerprint density at radius 3 is 2.42 bits per heavy atom. The van der Waals surface area contributed by atoms with Crippen LogP contribution in [-0.4, -0.2) is 42.9 Å². The highest BCUT2D eigenvalue weighted by molar-refractivity contribution is 6.06. The minimum Gasteiger partial charge on any atom is -0.497 e. The zero-order chi connectivity index (χ0) is 22.2. The van der Waals surface area contributed by atoms with E-state index in [-0.39, 0.29) is 12.1 Å². The molecule has 2 amide bonds. The van der Waals surface area contributed by atoms with E-state index in [1.165, 1.54) is 4.90 Å².